The highest BCUT2D eigenvalue weighted by atomic mass is 79.9. The number of halogens is 2. The Hall–Kier alpha value is -1.57. The van der Waals surface area contributed by atoms with Crippen molar-refractivity contribution in [2.24, 2.45) is 4.99 Å². The molecule has 0 spiro atoms. The molecular formula is C19H16Br2N2O2S. The molecule has 0 atom stereocenters. The molecule has 134 valence electrons. The lowest BCUT2D eigenvalue weighted by atomic mass is 10.1. The van der Waals surface area contributed by atoms with Crippen LogP contribution in [0.1, 0.15) is 16.7 Å². The highest BCUT2D eigenvalue weighted by Gasteiger charge is 2.24. The molecule has 7 heteroatoms. The monoisotopic (exact) mass is 494 g/mol. The quantitative estimate of drug-likeness (QED) is 0.553. The van der Waals surface area contributed by atoms with E-state index < -0.39 is 0 Å². The van der Waals surface area contributed by atoms with Gasteiger partial charge in [0.2, 0.25) is 0 Å². The molecule has 0 unspecified atom stereocenters. The van der Waals surface area contributed by atoms with E-state index in [1.807, 2.05) is 43.3 Å². The Morgan fingerprint density at radius 3 is 2.42 bits per heavy atom. The van der Waals surface area contributed by atoms with Crippen molar-refractivity contribution in [3.63, 3.8) is 0 Å². The number of hydrogen-bond acceptors (Lipinski definition) is 4. The van der Waals surface area contributed by atoms with Gasteiger partial charge >= 0.3 is 0 Å². The first-order chi connectivity index (χ1) is 12.4. The molecule has 26 heavy (non-hydrogen) atoms. The molecule has 2 aromatic carbocycles. The third-order valence-electron chi connectivity index (χ3n) is 3.89. The topological polar surface area (TPSA) is 50.7 Å². The molecule has 0 radical (unpaired) electrons. The summed E-state index contributed by atoms with van der Waals surface area (Å²) >= 11 is 8.28. The number of thioether (sulfide) groups is 1. The first-order valence-corrected chi connectivity index (χ1v) is 10.2. The van der Waals surface area contributed by atoms with Crippen molar-refractivity contribution in [1.29, 1.82) is 0 Å². The van der Waals surface area contributed by atoms with Gasteiger partial charge in [-0.25, -0.2) is 4.99 Å². The Morgan fingerprint density at radius 1 is 1.12 bits per heavy atom. The third-order valence-corrected chi connectivity index (χ3v) is 5.98. The summed E-state index contributed by atoms with van der Waals surface area (Å²) in [5, 5.41) is 3.40. The number of aryl methyl sites for hydroxylation is 2. The number of carbonyl (C=O) groups excluding carboxylic acids is 1. The van der Waals surface area contributed by atoms with Gasteiger partial charge in [0.15, 0.2) is 5.17 Å². The van der Waals surface area contributed by atoms with E-state index in [4.69, 9.17) is 4.74 Å². The summed E-state index contributed by atoms with van der Waals surface area (Å²) in [5.74, 6) is 0.563. The number of benzene rings is 2. The van der Waals surface area contributed by atoms with Crippen molar-refractivity contribution in [1.82, 2.24) is 5.32 Å². The molecule has 0 bridgehead atoms. The van der Waals surface area contributed by atoms with Gasteiger partial charge in [0.05, 0.1) is 26.6 Å². The van der Waals surface area contributed by atoms with E-state index in [1.165, 1.54) is 22.9 Å². The number of aliphatic imine (C=N–C) groups is 1. The van der Waals surface area contributed by atoms with Crippen LogP contribution in [-0.2, 0) is 4.79 Å². The Balaban J connectivity index is 1.86. The standard InChI is InChI=1S/C19H16Br2N2O2S/c1-10-4-5-13(6-11(10)2)22-19-23-18(24)16(26-19)9-12-7-14(20)17(25-3)15(21)8-12/h4-9H,1-3H3,(H,22,23,24)/b16-9+. The van der Waals surface area contributed by atoms with Crippen LogP contribution in [0.2, 0.25) is 0 Å². The normalized spacial score (nSPS) is 17.0. The van der Waals surface area contributed by atoms with Crippen molar-refractivity contribution >= 4 is 66.5 Å². The summed E-state index contributed by atoms with van der Waals surface area (Å²) in [4.78, 5) is 17.4. The Bertz CT molecular complexity index is 932. The number of methoxy groups -OCH3 is 1. The van der Waals surface area contributed by atoms with Crippen LogP contribution in [0, 0.1) is 13.8 Å². The van der Waals surface area contributed by atoms with Gasteiger partial charge in [-0.05, 0) is 105 Å². The summed E-state index contributed by atoms with van der Waals surface area (Å²) in [7, 11) is 1.61. The Morgan fingerprint density at radius 2 is 1.81 bits per heavy atom. The van der Waals surface area contributed by atoms with E-state index >= 15 is 0 Å². The number of amides is 1. The maximum atomic E-state index is 12.3. The van der Waals surface area contributed by atoms with Gasteiger partial charge in [0, 0.05) is 0 Å². The fourth-order valence-electron chi connectivity index (χ4n) is 2.40. The van der Waals surface area contributed by atoms with Crippen molar-refractivity contribution in [3.8, 4) is 5.75 Å². The van der Waals surface area contributed by atoms with E-state index in [1.54, 1.807) is 7.11 Å². The largest absolute Gasteiger partial charge is 0.494 e. The van der Waals surface area contributed by atoms with Crippen molar-refractivity contribution in [3.05, 3.63) is 60.9 Å². The Labute approximate surface area is 173 Å². The highest BCUT2D eigenvalue weighted by molar-refractivity contribution is 9.11. The highest BCUT2D eigenvalue weighted by Crippen LogP contribution is 2.36. The molecule has 1 N–H and O–H groups in total. The molecule has 1 amide bonds. The average molecular weight is 496 g/mol. The van der Waals surface area contributed by atoms with E-state index in [0.717, 1.165) is 20.2 Å². The van der Waals surface area contributed by atoms with Crippen LogP contribution in [0.15, 0.2) is 49.2 Å². The second-order valence-electron chi connectivity index (χ2n) is 5.77. The average Bonchev–Trinajstić information content (AvgIpc) is 2.90. The third kappa shape index (κ3) is 4.22. The van der Waals surface area contributed by atoms with Crippen LogP contribution in [0.4, 0.5) is 5.69 Å². The molecule has 0 aliphatic carbocycles. The number of rotatable bonds is 3. The lowest BCUT2D eigenvalue weighted by molar-refractivity contribution is -0.115. The minimum absolute atomic E-state index is 0.152. The minimum Gasteiger partial charge on any atom is -0.494 e. The van der Waals surface area contributed by atoms with Crippen molar-refractivity contribution in [2.75, 3.05) is 7.11 Å². The zero-order valence-corrected chi connectivity index (χ0v) is 18.4. The van der Waals surface area contributed by atoms with Crippen LogP contribution < -0.4 is 10.1 Å². The predicted molar refractivity (Wildman–Crippen MR) is 115 cm³/mol. The van der Waals surface area contributed by atoms with Crippen LogP contribution in [-0.4, -0.2) is 18.2 Å². The second-order valence-corrected chi connectivity index (χ2v) is 8.51. The van der Waals surface area contributed by atoms with Crippen LogP contribution >= 0.6 is 43.6 Å². The van der Waals surface area contributed by atoms with E-state index in [-0.39, 0.29) is 5.91 Å². The number of amidine groups is 1. The molecule has 0 aromatic heterocycles. The molecule has 4 nitrogen and oxygen atoms in total. The maximum Gasteiger partial charge on any atom is 0.264 e. The summed E-state index contributed by atoms with van der Waals surface area (Å²) in [5.41, 5.74) is 4.10. The fraction of sp³-hybridized carbons (Fsp3) is 0.158. The first-order valence-electron chi connectivity index (χ1n) is 7.77. The van der Waals surface area contributed by atoms with Gasteiger partial charge < -0.3 is 10.1 Å². The lowest BCUT2D eigenvalue weighted by Crippen LogP contribution is -2.19. The summed E-state index contributed by atoms with van der Waals surface area (Å²) < 4.78 is 6.93. The fourth-order valence-corrected chi connectivity index (χ4v) is 4.79. The van der Waals surface area contributed by atoms with Crippen molar-refractivity contribution in [2.45, 2.75) is 13.8 Å². The van der Waals surface area contributed by atoms with Gasteiger partial charge in [-0.1, -0.05) is 6.07 Å². The van der Waals surface area contributed by atoms with Gasteiger partial charge in [0.25, 0.3) is 5.91 Å². The molecule has 1 aliphatic heterocycles. The van der Waals surface area contributed by atoms with Gasteiger partial charge in [0.1, 0.15) is 5.75 Å². The zero-order chi connectivity index (χ0) is 18.8. The van der Waals surface area contributed by atoms with Crippen molar-refractivity contribution < 1.29 is 9.53 Å². The molecule has 2 aromatic rings. The van der Waals surface area contributed by atoms with Crippen LogP contribution in [0.3, 0.4) is 0 Å². The molecule has 1 heterocycles. The number of ether oxygens (including phenoxy) is 1. The molecule has 0 saturated carbocycles. The number of carbonyl (C=O) groups is 1. The molecular weight excluding hydrogens is 480 g/mol. The lowest BCUT2D eigenvalue weighted by Gasteiger charge is -2.07. The molecule has 1 fully saturated rings. The summed E-state index contributed by atoms with van der Waals surface area (Å²) in [6, 6.07) is 9.79. The summed E-state index contributed by atoms with van der Waals surface area (Å²) in [6.07, 6.45) is 1.83. The van der Waals surface area contributed by atoms with Gasteiger partial charge in [-0.15, -0.1) is 0 Å². The van der Waals surface area contributed by atoms with E-state index in [9.17, 15) is 4.79 Å². The molecule has 1 aliphatic rings. The maximum absolute atomic E-state index is 12.3. The second kappa shape index (κ2) is 7.98. The smallest absolute Gasteiger partial charge is 0.264 e. The SMILES string of the molecule is COc1c(Br)cc(/C=C2/SC(=Nc3ccc(C)c(C)c3)NC2=O)cc1Br. The predicted octanol–water partition coefficient (Wildman–Crippen LogP) is 5.73. The van der Waals surface area contributed by atoms with E-state index in [0.29, 0.717) is 15.8 Å². The minimum atomic E-state index is -0.152. The number of nitrogens with one attached hydrogen (secondary N) is 1. The molecule has 3 rings (SSSR count). The summed E-state index contributed by atoms with van der Waals surface area (Å²) in [6.45, 7) is 4.11. The van der Waals surface area contributed by atoms with E-state index in [2.05, 4.69) is 49.1 Å². The first kappa shape index (κ1) is 19.2. The molecule has 1 saturated heterocycles. The zero-order valence-electron chi connectivity index (χ0n) is 14.4. The number of hydrogen-bond donors (Lipinski definition) is 1. The van der Waals surface area contributed by atoms with Crippen LogP contribution in [0.5, 0.6) is 5.75 Å². The van der Waals surface area contributed by atoms with Crippen LogP contribution in [0.25, 0.3) is 6.08 Å². The van der Waals surface area contributed by atoms with Gasteiger partial charge in [-0.3, -0.25) is 4.79 Å². The Kier molecular flexibility index (Phi) is 5.89. The van der Waals surface area contributed by atoms with Gasteiger partial charge in [-0.2, -0.15) is 0 Å². The number of nitrogens with zero attached hydrogens (tertiary/aromatic N) is 1.